The van der Waals surface area contributed by atoms with Crippen molar-refractivity contribution < 1.29 is 18.8 Å². The molecular formula is C18H29NO3. The van der Waals surface area contributed by atoms with Crippen molar-refractivity contribution in [3.8, 4) is 11.5 Å². The summed E-state index contributed by atoms with van der Waals surface area (Å²) in [6, 6.07) is 4.40. The van der Waals surface area contributed by atoms with Gasteiger partial charge < -0.3 is 15.2 Å². The van der Waals surface area contributed by atoms with Crippen molar-refractivity contribution in [1.82, 2.24) is 5.32 Å². The van der Waals surface area contributed by atoms with Gasteiger partial charge in [0.2, 0.25) is 5.91 Å². The van der Waals surface area contributed by atoms with Crippen LogP contribution in [0.4, 0.5) is 0 Å². The van der Waals surface area contributed by atoms with Crippen LogP contribution < -0.4 is 10.1 Å². The van der Waals surface area contributed by atoms with E-state index in [0.29, 0.717) is 12.0 Å². The zero-order valence-electron chi connectivity index (χ0n) is 16.5. The minimum Gasteiger partial charge on any atom is -0.504 e. The SMILES string of the molecule is [2H]C([2H])([2H])Oc1cc(CNC(=O)CCCCCCC(C)C)ccc1O. The number of rotatable bonds is 10. The first-order chi connectivity index (χ1) is 11.7. The van der Waals surface area contributed by atoms with E-state index in [1.165, 1.54) is 25.0 Å². The molecule has 1 aromatic rings. The lowest BCUT2D eigenvalue weighted by molar-refractivity contribution is -0.121. The molecular weight excluding hydrogens is 278 g/mol. The molecule has 0 aliphatic rings. The Labute approximate surface area is 138 Å². The second-order valence-corrected chi connectivity index (χ2v) is 6.03. The van der Waals surface area contributed by atoms with E-state index in [0.717, 1.165) is 25.2 Å². The van der Waals surface area contributed by atoms with E-state index in [4.69, 9.17) is 8.85 Å². The van der Waals surface area contributed by atoms with Gasteiger partial charge in [-0.2, -0.15) is 0 Å². The minimum atomic E-state index is -2.63. The van der Waals surface area contributed by atoms with Gasteiger partial charge in [-0.1, -0.05) is 45.6 Å². The Kier molecular flexibility index (Phi) is 6.38. The standard InChI is InChI=1S/C18H29NO3/c1-14(2)8-6-4-5-7-9-18(21)19-13-15-10-11-16(20)17(12-15)22-3/h10-12,14,20H,4-9,13H2,1-3H3,(H,19,21)/i3D3. The Bertz CT molecular complexity index is 545. The maximum atomic E-state index is 11.9. The second-order valence-electron chi connectivity index (χ2n) is 6.03. The van der Waals surface area contributed by atoms with Crippen LogP contribution in [-0.4, -0.2) is 18.1 Å². The first-order valence-corrected chi connectivity index (χ1v) is 7.95. The van der Waals surface area contributed by atoms with E-state index in [9.17, 15) is 9.90 Å². The van der Waals surface area contributed by atoms with Gasteiger partial charge in [0.05, 0.1) is 11.2 Å². The summed E-state index contributed by atoms with van der Waals surface area (Å²) >= 11 is 0. The fourth-order valence-corrected chi connectivity index (χ4v) is 2.23. The Morgan fingerprint density at radius 3 is 2.82 bits per heavy atom. The summed E-state index contributed by atoms with van der Waals surface area (Å²) in [5, 5.41) is 12.4. The summed E-state index contributed by atoms with van der Waals surface area (Å²) < 4.78 is 26.0. The van der Waals surface area contributed by atoms with E-state index in [2.05, 4.69) is 19.2 Å². The lowest BCUT2D eigenvalue weighted by Crippen LogP contribution is -2.22. The molecule has 0 saturated heterocycles. The van der Waals surface area contributed by atoms with Crippen molar-refractivity contribution in [2.24, 2.45) is 5.92 Å². The molecule has 0 heterocycles. The number of ether oxygens (including phenoxy) is 1. The molecule has 0 aliphatic carbocycles. The van der Waals surface area contributed by atoms with E-state index in [-0.39, 0.29) is 24.0 Å². The van der Waals surface area contributed by atoms with Crippen molar-refractivity contribution in [3.05, 3.63) is 23.8 Å². The predicted molar refractivity (Wildman–Crippen MR) is 89.0 cm³/mol. The number of unbranched alkanes of at least 4 members (excludes halogenated alkanes) is 3. The molecule has 22 heavy (non-hydrogen) atoms. The van der Waals surface area contributed by atoms with E-state index in [1.54, 1.807) is 6.07 Å². The normalized spacial score (nSPS) is 13.3. The molecule has 2 N–H and O–H groups in total. The number of benzene rings is 1. The van der Waals surface area contributed by atoms with Gasteiger partial charge in [0.15, 0.2) is 11.5 Å². The molecule has 0 fully saturated rings. The molecule has 0 aliphatic heterocycles. The summed E-state index contributed by atoms with van der Waals surface area (Å²) in [6.45, 7) is 4.69. The zero-order chi connectivity index (χ0) is 18.9. The Morgan fingerprint density at radius 2 is 2.09 bits per heavy atom. The predicted octanol–water partition coefficient (Wildman–Crippen LogP) is 4.01. The third kappa shape index (κ3) is 7.34. The number of phenols is 1. The minimum absolute atomic E-state index is 0.0322. The number of hydrogen-bond acceptors (Lipinski definition) is 3. The second kappa shape index (κ2) is 10.1. The van der Waals surface area contributed by atoms with Gasteiger partial charge in [0.1, 0.15) is 0 Å². The number of phenolic OH excluding ortho intramolecular Hbond substituents is 1. The van der Waals surface area contributed by atoms with Crippen molar-refractivity contribution in [2.75, 3.05) is 7.04 Å². The fourth-order valence-electron chi connectivity index (χ4n) is 2.23. The molecule has 0 spiro atoms. The summed E-state index contributed by atoms with van der Waals surface area (Å²) in [7, 11) is -2.63. The molecule has 124 valence electrons. The van der Waals surface area contributed by atoms with Gasteiger partial charge >= 0.3 is 0 Å². The lowest BCUT2D eigenvalue weighted by atomic mass is 10.0. The monoisotopic (exact) mass is 310 g/mol. The largest absolute Gasteiger partial charge is 0.504 e. The molecule has 1 rings (SSSR count). The van der Waals surface area contributed by atoms with Crippen molar-refractivity contribution >= 4 is 5.91 Å². The van der Waals surface area contributed by atoms with Gasteiger partial charge in [-0.15, -0.1) is 0 Å². The van der Waals surface area contributed by atoms with E-state index >= 15 is 0 Å². The fraction of sp³-hybridized carbons (Fsp3) is 0.611. The Balaban J connectivity index is 2.32. The average Bonchev–Trinajstić information content (AvgIpc) is 2.50. The summed E-state index contributed by atoms with van der Waals surface area (Å²) in [5.41, 5.74) is 0.669. The molecule has 0 radical (unpaired) electrons. The third-order valence-corrected chi connectivity index (χ3v) is 3.56. The molecule has 4 heteroatoms. The van der Waals surface area contributed by atoms with E-state index < -0.39 is 7.04 Å². The van der Waals surface area contributed by atoms with Gasteiger partial charge in [0, 0.05) is 13.0 Å². The van der Waals surface area contributed by atoms with Gasteiger partial charge in [0.25, 0.3) is 0 Å². The highest BCUT2D eigenvalue weighted by Crippen LogP contribution is 2.26. The number of hydrogen-bond donors (Lipinski definition) is 2. The van der Waals surface area contributed by atoms with Crippen LogP contribution in [0.3, 0.4) is 0 Å². The Hall–Kier alpha value is -1.71. The van der Waals surface area contributed by atoms with Crippen LogP contribution in [0.15, 0.2) is 18.2 Å². The molecule has 0 aromatic heterocycles. The van der Waals surface area contributed by atoms with Crippen LogP contribution in [0, 0.1) is 5.92 Å². The molecule has 0 saturated carbocycles. The topological polar surface area (TPSA) is 58.6 Å². The van der Waals surface area contributed by atoms with Crippen LogP contribution >= 0.6 is 0 Å². The summed E-state index contributed by atoms with van der Waals surface area (Å²) in [6.07, 6.45) is 5.99. The molecule has 0 bridgehead atoms. The number of aromatic hydroxyl groups is 1. The highest BCUT2D eigenvalue weighted by Gasteiger charge is 2.05. The van der Waals surface area contributed by atoms with E-state index in [1.807, 2.05) is 0 Å². The van der Waals surface area contributed by atoms with Gasteiger partial charge in [-0.05, 0) is 30.0 Å². The summed E-state index contributed by atoms with van der Waals surface area (Å²) in [5.74, 6) is 0.340. The molecule has 4 nitrogen and oxygen atoms in total. The highest BCUT2D eigenvalue weighted by atomic mass is 16.5. The molecule has 1 aromatic carbocycles. The maximum absolute atomic E-state index is 11.9. The molecule has 0 atom stereocenters. The quantitative estimate of drug-likeness (QED) is 0.642. The van der Waals surface area contributed by atoms with Crippen LogP contribution in [0.25, 0.3) is 0 Å². The first kappa shape index (κ1) is 13.9. The lowest BCUT2D eigenvalue weighted by Gasteiger charge is -2.08. The maximum Gasteiger partial charge on any atom is 0.220 e. The number of carbonyl (C=O) groups is 1. The summed E-state index contributed by atoms with van der Waals surface area (Å²) in [4.78, 5) is 11.9. The van der Waals surface area contributed by atoms with Crippen molar-refractivity contribution in [1.29, 1.82) is 0 Å². The zero-order valence-corrected chi connectivity index (χ0v) is 13.5. The van der Waals surface area contributed by atoms with Gasteiger partial charge in [-0.25, -0.2) is 0 Å². The van der Waals surface area contributed by atoms with Gasteiger partial charge in [-0.3, -0.25) is 4.79 Å². The molecule has 1 amide bonds. The first-order valence-electron chi connectivity index (χ1n) is 9.45. The van der Waals surface area contributed by atoms with Crippen LogP contribution in [-0.2, 0) is 11.3 Å². The van der Waals surface area contributed by atoms with Crippen molar-refractivity contribution in [2.45, 2.75) is 58.9 Å². The number of amides is 1. The van der Waals surface area contributed by atoms with Crippen LogP contribution in [0.2, 0.25) is 0 Å². The smallest absolute Gasteiger partial charge is 0.220 e. The average molecular weight is 310 g/mol. The number of nitrogens with one attached hydrogen (secondary N) is 1. The number of methoxy groups -OCH3 is 1. The molecule has 0 unspecified atom stereocenters. The van der Waals surface area contributed by atoms with Crippen molar-refractivity contribution in [3.63, 3.8) is 0 Å². The highest BCUT2D eigenvalue weighted by molar-refractivity contribution is 5.75. The third-order valence-electron chi connectivity index (χ3n) is 3.56. The Morgan fingerprint density at radius 1 is 1.32 bits per heavy atom. The van der Waals surface area contributed by atoms with Crippen LogP contribution in [0.1, 0.15) is 62.0 Å². The number of carbonyl (C=O) groups excluding carboxylic acids is 1. The van der Waals surface area contributed by atoms with Crippen LogP contribution in [0.5, 0.6) is 11.5 Å².